The van der Waals surface area contributed by atoms with E-state index in [-0.39, 0.29) is 16.9 Å². The molecule has 1 saturated carbocycles. The van der Waals surface area contributed by atoms with Crippen LogP contribution in [0.5, 0.6) is 0 Å². The SMILES string of the molecule is O=[N+]([O-])c1cccc(Nc2nc(Cl)nc(NC3CCCC3)n2)c1. The highest BCUT2D eigenvalue weighted by Crippen LogP contribution is 2.23. The van der Waals surface area contributed by atoms with Crippen LogP contribution in [0.4, 0.5) is 23.3 Å². The minimum absolute atomic E-state index is 0.0144. The lowest BCUT2D eigenvalue weighted by atomic mass is 10.2. The molecule has 9 heteroatoms. The van der Waals surface area contributed by atoms with Crippen molar-refractivity contribution in [3.8, 4) is 0 Å². The maximum atomic E-state index is 10.8. The second kappa shape index (κ2) is 6.74. The predicted molar refractivity (Wildman–Crippen MR) is 87.1 cm³/mol. The molecule has 1 fully saturated rings. The molecule has 0 saturated heterocycles. The maximum absolute atomic E-state index is 10.8. The van der Waals surface area contributed by atoms with Crippen LogP contribution in [0.2, 0.25) is 5.28 Å². The molecule has 0 amide bonds. The summed E-state index contributed by atoms with van der Waals surface area (Å²) in [5.74, 6) is 0.649. The van der Waals surface area contributed by atoms with Gasteiger partial charge in [-0.05, 0) is 30.5 Å². The van der Waals surface area contributed by atoms with Gasteiger partial charge in [-0.2, -0.15) is 15.0 Å². The summed E-state index contributed by atoms with van der Waals surface area (Å²) in [5.41, 5.74) is 0.493. The van der Waals surface area contributed by atoms with Crippen LogP contribution >= 0.6 is 11.6 Å². The number of anilines is 3. The van der Waals surface area contributed by atoms with Crippen LogP contribution in [0.25, 0.3) is 0 Å². The van der Waals surface area contributed by atoms with Crippen LogP contribution in [0.1, 0.15) is 25.7 Å². The smallest absolute Gasteiger partial charge is 0.271 e. The second-order valence-electron chi connectivity index (χ2n) is 5.31. The third-order valence-electron chi connectivity index (χ3n) is 3.61. The molecular formula is C14H15ClN6O2. The van der Waals surface area contributed by atoms with E-state index in [0.717, 1.165) is 12.8 Å². The fourth-order valence-electron chi connectivity index (χ4n) is 2.55. The van der Waals surface area contributed by atoms with Crippen molar-refractivity contribution in [2.75, 3.05) is 10.6 Å². The van der Waals surface area contributed by atoms with E-state index in [4.69, 9.17) is 11.6 Å². The molecule has 23 heavy (non-hydrogen) atoms. The molecule has 120 valence electrons. The number of halogens is 1. The summed E-state index contributed by atoms with van der Waals surface area (Å²) >= 11 is 5.93. The van der Waals surface area contributed by atoms with Crippen molar-refractivity contribution >= 4 is 34.9 Å². The Hall–Kier alpha value is -2.48. The average molecular weight is 335 g/mol. The van der Waals surface area contributed by atoms with Crippen LogP contribution in [0, 0.1) is 10.1 Å². The fraction of sp³-hybridized carbons (Fsp3) is 0.357. The van der Waals surface area contributed by atoms with Gasteiger partial charge in [0.05, 0.1) is 4.92 Å². The summed E-state index contributed by atoms with van der Waals surface area (Å²) in [4.78, 5) is 22.7. The molecule has 1 aliphatic rings. The Labute approximate surface area is 137 Å². The van der Waals surface area contributed by atoms with Crippen LogP contribution in [0.3, 0.4) is 0 Å². The molecule has 0 atom stereocenters. The quantitative estimate of drug-likeness (QED) is 0.636. The number of hydrogen-bond donors (Lipinski definition) is 2. The van der Waals surface area contributed by atoms with Gasteiger partial charge in [-0.3, -0.25) is 10.1 Å². The number of benzene rings is 1. The van der Waals surface area contributed by atoms with Crippen molar-refractivity contribution in [2.24, 2.45) is 0 Å². The summed E-state index contributed by atoms with van der Waals surface area (Å²) in [5, 5.41) is 17.0. The molecule has 1 heterocycles. The van der Waals surface area contributed by atoms with Gasteiger partial charge in [0.25, 0.3) is 5.69 Å². The first-order chi connectivity index (χ1) is 11.1. The van der Waals surface area contributed by atoms with Gasteiger partial charge in [0.15, 0.2) is 0 Å². The van der Waals surface area contributed by atoms with Gasteiger partial charge in [0.2, 0.25) is 17.2 Å². The Morgan fingerprint density at radius 3 is 2.65 bits per heavy atom. The van der Waals surface area contributed by atoms with E-state index >= 15 is 0 Å². The van der Waals surface area contributed by atoms with E-state index in [2.05, 4.69) is 25.6 Å². The highest BCUT2D eigenvalue weighted by atomic mass is 35.5. The summed E-state index contributed by atoms with van der Waals surface area (Å²) in [7, 11) is 0. The molecule has 0 aliphatic heterocycles. The number of nitro groups is 1. The normalized spacial score (nSPS) is 14.7. The third-order valence-corrected chi connectivity index (χ3v) is 3.78. The van der Waals surface area contributed by atoms with Crippen LogP contribution in [-0.2, 0) is 0 Å². The number of rotatable bonds is 5. The highest BCUT2D eigenvalue weighted by Gasteiger charge is 2.16. The Kier molecular flexibility index (Phi) is 4.52. The molecule has 1 aliphatic carbocycles. The Morgan fingerprint density at radius 1 is 1.17 bits per heavy atom. The first-order valence-corrected chi connectivity index (χ1v) is 7.67. The topological polar surface area (TPSA) is 106 Å². The van der Waals surface area contributed by atoms with E-state index in [9.17, 15) is 10.1 Å². The average Bonchev–Trinajstić information content (AvgIpc) is 2.99. The van der Waals surface area contributed by atoms with Gasteiger partial charge in [-0.1, -0.05) is 18.9 Å². The number of non-ortho nitro benzene ring substituents is 1. The molecule has 0 bridgehead atoms. The van der Waals surface area contributed by atoms with E-state index < -0.39 is 4.92 Å². The summed E-state index contributed by atoms with van der Waals surface area (Å²) in [6.07, 6.45) is 4.54. The molecule has 2 N–H and O–H groups in total. The zero-order valence-electron chi connectivity index (χ0n) is 12.2. The van der Waals surface area contributed by atoms with Crippen LogP contribution in [0.15, 0.2) is 24.3 Å². The first kappa shape index (κ1) is 15.4. The Balaban J connectivity index is 1.78. The van der Waals surface area contributed by atoms with Crippen molar-refractivity contribution in [1.82, 2.24) is 15.0 Å². The number of nitro benzene ring substituents is 1. The van der Waals surface area contributed by atoms with Gasteiger partial charge in [-0.25, -0.2) is 0 Å². The van der Waals surface area contributed by atoms with Crippen molar-refractivity contribution in [3.05, 3.63) is 39.7 Å². The highest BCUT2D eigenvalue weighted by molar-refractivity contribution is 6.28. The van der Waals surface area contributed by atoms with Gasteiger partial charge in [0.1, 0.15) is 0 Å². The maximum Gasteiger partial charge on any atom is 0.271 e. The van der Waals surface area contributed by atoms with E-state index in [1.54, 1.807) is 12.1 Å². The molecule has 2 aromatic rings. The van der Waals surface area contributed by atoms with Crippen molar-refractivity contribution in [1.29, 1.82) is 0 Å². The molecule has 3 rings (SSSR count). The van der Waals surface area contributed by atoms with Crippen LogP contribution < -0.4 is 10.6 Å². The minimum atomic E-state index is -0.460. The minimum Gasteiger partial charge on any atom is -0.351 e. The van der Waals surface area contributed by atoms with Gasteiger partial charge in [0, 0.05) is 23.9 Å². The molecule has 8 nitrogen and oxygen atoms in total. The zero-order chi connectivity index (χ0) is 16.2. The van der Waals surface area contributed by atoms with E-state index in [0.29, 0.717) is 17.7 Å². The summed E-state index contributed by atoms with van der Waals surface area (Å²) in [6, 6.07) is 6.44. The lowest BCUT2D eigenvalue weighted by Crippen LogP contribution is -2.17. The van der Waals surface area contributed by atoms with Gasteiger partial charge < -0.3 is 10.6 Å². The molecule has 0 unspecified atom stereocenters. The largest absolute Gasteiger partial charge is 0.351 e. The zero-order valence-corrected chi connectivity index (χ0v) is 13.0. The van der Waals surface area contributed by atoms with E-state index in [1.807, 2.05) is 0 Å². The van der Waals surface area contributed by atoms with Crippen molar-refractivity contribution in [3.63, 3.8) is 0 Å². The van der Waals surface area contributed by atoms with Crippen LogP contribution in [-0.4, -0.2) is 25.9 Å². The number of hydrogen-bond acceptors (Lipinski definition) is 7. The predicted octanol–water partition coefficient (Wildman–Crippen LogP) is 3.53. The fourth-order valence-corrected chi connectivity index (χ4v) is 2.71. The van der Waals surface area contributed by atoms with Gasteiger partial charge >= 0.3 is 0 Å². The summed E-state index contributed by atoms with van der Waals surface area (Å²) in [6.45, 7) is 0. The lowest BCUT2D eigenvalue weighted by molar-refractivity contribution is -0.384. The van der Waals surface area contributed by atoms with E-state index in [1.165, 1.54) is 25.0 Å². The Morgan fingerprint density at radius 2 is 1.91 bits per heavy atom. The number of nitrogens with one attached hydrogen (secondary N) is 2. The second-order valence-corrected chi connectivity index (χ2v) is 5.65. The van der Waals surface area contributed by atoms with Gasteiger partial charge in [-0.15, -0.1) is 0 Å². The van der Waals surface area contributed by atoms with Crippen molar-refractivity contribution < 1.29 is 4.92 Å². The summed E-state index contributed by atoms with van der Waals surface area (Å²) < 4.78 is 0. The number of nitrogens with zero attached hydrogens (tertiary/aromatic N) is 4. The van der Waals surface area contributed by atoms with Crippen molar-refractivity contribution in [2.45, 2.75) is 31.7 Å². The first-order valence-electron chi connectivity index (χ1n) is 7.30. The molecule has 0 radical (unpaired) electrons. The standard InChI is InChI=1S/C14H15ClN6O2/c15-12-18-13(16-9-4-1-2-5-9)20-14(19-12)17-10-6-3-7-11(8-10)21(22)23/h3,6-9H,1-2,4-5H2,(H2,16,17,18,19,20). The molecular weight excluding hydrogens is 320 g/mol. The third kappa shape index (κ3) is 4.04. The molecule has 1 aromatic carbocycles. The lowest BCUT2D eigenvalue weighted by Gasteiger charge is -2.12. The number of aromatic nitrogens is 3. The molecule has 0 spiro atoms. The Bertz CT molecular complexity index is 720. The monoisotopic (exact) mass is 334 g/mol. The molecule has 1 aromatic heterocycles.